The van der Waals surface area contributed by atoms with E-state index in [1.807, 2.05) is 4.90 Å². The van der Waals surface area contributed by atoms with E-state index in [-0.39, 0.29) is 11.9 Å². The number of carbonyl (C=O) groups excluding carboxylic acids is 1. The van der Waals surface area contributed by atoms with Crippen LogP contribution in [-0.2, 0) is 14.8 Å². The number of hydrogen-bond acceptors (Lipinski definition) is 3. The quantitative estimate of drug-likeness (QED) is 0.629. The van der Waals surface area contributed by atoms with Crippen molar-refractivity contribution in [1.29, 1.82) is 0 Å². The predicted molar refractivity (Wildman–Crippen MR) is 104 cm³/mol. The van der Waals surface area contributed by atoms with Gasteiger partial charge in [0, 0.05) is 25.6 Å². The average Bonchev–Trinajstić information content (AvgIpc) is 2.65. The Bertz CT molecular complexity index is 638. The molecule has 0 radical (unpaired) electrons. The van der Waals surface area contributed by atoms with Crippen molar-refractivity contribution in [3.05, 3.63) is 30.3 Å². The molecule has 0 aliphatic carbocycles. The number of nitrogens with one attached hydrogen (secondary N) is 1. The standard InChI is InChI=1S/C20H32N2O3S/c1-2-3-4-5-6-10-13-20(23)22-16-14-18(15-17-22)21-26(24,25)19-11-8-7-9-12-19/h7-9,11-12,18,21H,2-6,10,13-17H2,1H3. The molecule has 0 bridgehead atoms. The number of rotatable bonds is 10. The van der Waals surface area contributed by atoms with Crippen molar-refractivity contribution in [2.24, 2.45) is 0 Å². The molecule has 146 valence electrons. The number of benzene rings is 1. The molecule has 0 aromatic heterocycles. The SMILES string of the molecule is CCCCCCCCC(=O)N1CCC(NS(=O)(=O)c2ccccc2)CC1. The van der Waals surface area contributed by atoms with Crippen LogP contribution in [0.5, 0.6) is 0 Å². The van der Waals surface area contributed by atoms with Crippen molar-refractivity contribution in [3.63, 3.8) is 0 Å². The van der Waals surface area contributed by atoms with Gasteiger partial charge in [0.1, 0.15) is 0 Å². The fourth-order valence-electron chi connectivity index (χ4n) is 3.35. The van der Waals surface area contributed by atoms with E-state index in [2.05, 4.69) is 11.6 Å². The van der Waals surface area contributed by atoms with Crippen LogP contribution in [0.25, 0.3) is 0 Å². The Hall–Kier alpha value is -1.40. The summed E-state index contributed by atoms with van der Waals surface area (Å²) in [6, 6.07) is 8.34. The summed E-state index contributed by atoms with van der Waals surface area (Å²) in [5.74, 6) is 0.213. The third-order valence-electron chi connectivity index (χ3n) is 4.97. The maximum atomic E-state index is 12.4. The Morgan fingerprint density at radius 2 is 1.65 bits per heavy atom. The van der Waals surface area contributed by atoms with Crippen LogP contribution in [0, 0.1) is 0 Å². The van der Waals surface area contributed by atoms with E-state index in [0.717, 1.165) is 12.8 Å². The summed E-state index contributed by atoms with van der Waals surface area (Å²) in [6.45, 7) is 3.47. The lowest BCUT2D eigenvalue weighted by atomic mass is 10.0. The van der Waals surface area contributed by atoms with Gasteiger partial charge in [-0.3, -0.25) is 4.79 Å². The summed E-state index contributed by atoms with van der Waals surface area (Å²) in [6.07, 6.45) is 9.04. The molecule has 1 aromatic rings. The summed E-state index contributed by atoms with van der Waals surface area (Å²) in [5.41, 5.74) is 0. The summed E-state index contributed by atoms with van der Waals surface area (Å²) in [7, 11) is -3.48. The second-order valence-corrected chi connectivity index (χ2v) is 8.82. The van der Waals surface area contributed by atoms with Gasteiger partial charge in [-0.05, 0) is 31.4 Å². The van der Waals surface area contributed by atoms with Gasteiger partial charge in [-0.25, -0.2) is 13.1 Å². The van der Waals surface area contributed by atoms with Crippen molar-refractivity contribution >= 4 is 15.9 Å². The van der Waals surface area contributed by atoms with E-state index < -0.39 is 10.0 Å². The van der Waals surface area contributed by atoms with Crippen LogP contribution in [0.2, 0.25) is 0 Å². The predicted octanol–water partition coefficient (Wildman–Crippen LogP) is 3.71. The van der Waals surface area contributed by atoms with Gasteiger partial charge in [0.05, 0.1) is 4.90 Å². The van der Waals surface area contributed by atoms with Gasteiger partial charge in [0.25, 0.3) is 0 Å². The summed E-state index contributed by atoms with van der Waals surface area (Å²) in [5, 5.41) is 0. The molecule has 1 fully saturated rings. The number of nitrogens with zero attached hydrogens (tertiary/aromatic N) is 1. The van der Waals surface area contributed by atoms with Gasteiger partial charge >= 0.3 is 0 Å². The Morgan fingerprint density at radius 3 is 2.31 bits per heavy atom. The molecule has 1 aromatic carbocycles. The highest BCUT2D eigenvalue weighted by Gasteiger charge is 2.26. The first-order valence-electron chi connectivity index (χ1n) is 9.88. The number of hydrogen-bond donors (Lipinski definition) is 1. The molecule has 1 aliphatic rings. The molecular weight excluding hydrogens is 348 g/mol. The van der Waals surface area contributed by atoms with Crippen molar-refractivity contribution in [1.82, 2.24) is 9.62 Å². The van der Waals surface area contributed by atoms with Gasteiger partial charge in [-0.1, -0.05) is 57.2 Å². The molecule has 26 heavy (non-hydrogen) atoms. The minimum atomic E-state index is -3.48. The zero-order valence-electron chi connectivity index (χ0n) is 15.8. The van der Waals surface area contributed by atoms with Crippen molar-refractivity contribution in [2.75, 3.05) is 13.1 Å². The second-order valence-electron chi connectivity index (χ2n) is 7.11. The van der Waals surface area contributed by atoms with E-state index in [0.29, 0.717) is 37.2 Å². The smallest absolute Gasteiger partial charge is 0.240 e. The van der Waals surface area contributed by atoms with Crippen LogP contribution >= 0.6 is 0 Å². The molecular formula is C20H32N2O3S. The Balaban J connectivity index is 1.69. The monoisotopic (exact) mass is 380 g/mol. The first-order valence-corrected chi connectivity index (χ1v) is 11.4. The Kier molecular flexibility index (Phi) is 8.59. The number of carbonyl (C=O) groups is 1. The number of sulfonamides is 1. The Morgan fingerprint density at radius 1 is 1.04 bits per heavy atom. The van der Waals surface area contributed by atoms with Gasteiger partial charge in [-0.15, -0.1) is 0 Å². The maximum Gasteiger partial charge on any atom is 0.240 e. The van der Waals surface area contributed by atoms with E-state index >= 15 is 0 Å². The first-order chi connectivity index (χ1) is 12.5. The largest absolute Gasteiger partial charge is 0.343 e. The van der Waals surface area contributed by atoms with Gasteiger partial charge in [-0.2, -0.15) is 0 Å². The van der Waals surface area contributed by atoms with Crippen LogP contribution in [0.15, 0.2) is 35.2 Å². The molecule has 1 aliphatic heterocycles. The van der Waals surface area contributed by atoms with Gasteiger partial charge in [0.15, 0.2) is 0 Å². The fraction of sp³-hybridized carbons (Fsp3) is 0.650. The fourth-order valence-corrected chi connectivity index (χ4v) is 4.67. The highest BCUT2D eigenvalue weighted by molar-refractivity contribution is 7.89. The second kappa shape index (κ2) is 10.7. The molecule has 1 saturated heterocycles. The molecule has 2 rings (SSSR count). The lowest BCUT2D eigenvalue weighted by molar-refractivity contribution is -0.132. The lowest BCUT2D eigenvalue weighted by Gasteiger charge is -2.32. The zero-order valence-corrected chi connectivity index (χ0v) is 16.6. The van der Waals surface area contributed by atoms with E-state index in [1.165, 1.54) is 25.7 Å². The molecule has 0 saturated carbocycles. The van der Waals surface area contributed by atoms with Crippen LogP contribution in [0.3, 0.4) is 0 Å². The molecule has 0 unspecified atom stereocenters. The highest BCUT2D eigenvalue weighted by Crippen LogP contribution is 2.16. The normalized spacial score (nSPS) is 16.0. The number of likely N-dealkylation sites (tertiary alicyclic amines) is 1. The first kappa shape index (κ1) is 20.9. The summed E-state index contributed by atoms with van der Waals surface area (Å²) >= 11 is 0. The van der Waals surface area contributed by atoms with E-state index in [9.17, 15) is 13.2 Å². The molecule has 0 spiro atoms. The minimum Gasteiger partial charge on any atom is -0.343 e. The van der Waals surface area contributed by atoms with Crippen LogP contribution in [-0.4, -0.2) is 38.4 Å². The lowest BCUT2D eigenvalue weighted by Crippen LogP contribution is -2.46. The van der Waals surface area contributed by atoms with Crippen molar-refractivity contribution in [2.45, 2.75) is 75.6 Å². The molecule has 6 heteroatoms. The van der Waals surface area contributed by atoms with Crippen LogP contribution in [0.4, 0.5) is 0 Å². The minimum absolute atomic E-state index is 0.0988. The molecule has 1 amide bonds. The molecule has 1 heterocycles. The average molecular weight is 381 g/mol. The highest BCUT2D eigenvalue weighted by atomic mass is 32.2. The Labute approximate surface area is 158 Å². The van der Waals surface area contributed by atoms with Gasteiger partial charge in [0.2, 0.25) is 15.9 Å². The van der Waals surface area contributed by atoms with Crippen molar-refractivity contribution in [3.8, 4) is 0 Å². The topological polar surface area (TPSA) is 66.5 Å². The molecule has 5 nitrogen and oxygen atoms in total. The van der Waals surface area contributed by atoms with E-state index in [1.54, 1.807) is 30.3 Å². The van der Waals surface area contributed by atoms with Gasteiger partial charge < -0.3 is 4.90 Å². The molecule has 0 atom stereocenters. The maximum absolute atomic E-state index is 12.4. The zero-order chi connectivity index (χ0) is 18.8. The van der Waals surface area contributed by atoms with Crippen LogP contribution < -0.4 is 4.72 Å². The number of piperidine rings is 1. The molecule has 1 N–H and O–H groups in total. The number of unbranched alkanes of at least 4 members (excludes halogenated alkanes) is 5. The summed E-state index contributed by atoms with van der Waals surface area (Å²) in [4.78, 5) is 14.5. The summed E-state index contributed by atoms with van der Waals surface area (Å²) < 4.78 is 27.5. The third kappa shape index (κ3) is 6.72. The van der Waals surface area contributed by atoms with E-state index in [4.69, 9.17) is 0 Å². The van der Waals surface area contributed by atoms with Crippen molar-refractivity contribution < 1.29 is 13.2 Å². The third-order valence-corrected chi connectivity index (χ3v) is 6.50. The van der Waals surface area contributed by atoms with Crippen LogP contribution in [0.1, 0.15) is 64.7 Å². The number of amides is 1.